The van der Waals surface area contributed by atoms with E-state index in [9.17, 15) is 4.79 Å². The minimum absolute atomic E-state index is 0.113. The van der Waals surface area contributed by atoms with Crippen molar-refractivity contribution in [1.82, 2.24) is 0 Å². The Hall–Kier alpha value is -2.46. The number of carbonyl (C=O) groups excluding carboxylic acids is 1. The maximum atomic E-state index is 11.4. The van der Waals surface area contributed by atoms with E-state index in [-0.39, 0.29) is 5.70 Å². The maximum absolute atomic E-state index is 11.4. The largest absolute Gasteiger partial charge is 0.493 e. The first-order valence-corrected chi connectivity index (χ1v) is 5.79. The number of para-hydroxylation sites is 1. The molecule has 0 saturated carbocycles. The Bertz CT molecular complexity index is 520. The van der Waals surface area contributed by atoms with Crippen LogP contribution in [0.25, 0.3) is 16.5 Å². The molecule has 19 heavy (non-hydrogen) atoms. The van der Waals surface area contributed by atoms with Gasteiger partial charge >= 0.3 is 5.97 Å². The van der Waals surface area contributed by atoms with Crippen molar-refractivity contribution in [2.24, 2.45) is 5.11 Å². The fraction of sp³-hybridized carbons (Fsp3) is 0.308. The number of methoxy groups -OCH3 is 1. The molecule has 0 fully saturated rings. The molecule has 0 unspecified atom stereocenters. The van der Waals surface area contributed by atoms with Crippen LogP contribution >= 0.6 is 0 Å². The fourth-order valence-corrected chi connectivity index (χ4v) is 1.37. The van der Waals surface area contributed by atoms with Crippen LogP contribution in [-0.2, 0) is 9.53 Å². The van der Waals surface area contributed by atoms with Crippen LogP contribution in [0.4, 0.5) is 0 Å². The molecule has 0 aromatic heterocycles. The molecule has 0 amide bonds. The van der Waals surface area contributed by atoms with E-state index in [1.165, 1.54) is 13.2 Å². The minimum Gasteiger partial charge on any atom is -0.493 e. The number of azide groups is 1. The van der Waals surface area contributed by atoms with Crippen molar-refractivity contribution < 1.29 is 14.3 Å². The van der Waals surface area contributed by atoms with E-state index in [1.54, 1.807) is 18.2 Å². The van der Waals surface area contributed by atoms with Crippen molar-refractivity contribution >= 4 is 12.0 Å². The summed E-state index contributed by atoms with van der Waals surface area (Å²) in [7, 11) is 1.22. The third-order valence-electron chi connectivity index (χ3n) is 2.22. The van der Waals surface area contributed by atoms with Gasteiger partial charge in [0.25, 0.3) is 0 Å². The topological polar surface area (TPSA) is 84.3 Å². The van der Waals surface area contributed by atoms with E-state index in [2.05, 4.69) is 14.8 Å². The summed E-state index contributed by atoms with van der Waals surface area (Å²) in [5.74, 6) is -0.0676. The molecular formula is C13H15N3O3. The maximum Gasteiger partial charge on any atom is 0.340 e. The molecular weight excluding hydrogens is 246 g/mol. The van der Waals surface area contributed by atoms with Gasteiger partial charge in [-0.2, -0.15) is 0 Å². The Balaban J connectivity index is 3.12. The first kappa shape index (κ1) is 14.6. The van der Waals surface area contributed by atoms with Crippen molar-refractivity contribution in [1.29, 1.82) is 0 Å². The number of nitrogens with zero attached hydrogens (tertiary/aromatic N) is 3. The lowest BCUT2D eigenvalue weighted by molar-refractivity contribution is -0.136. The van der Waals surface area contributed by atoms with Crippen molar-refractivity contribution in [2.45, 2.75) is 13.3 Å². The SMILES string of the molecule is CCCOc1ccccc1/C=C(/N=[N+]=[N-])C(=O)OC. The van der Waals surface area contributed by atoms with E-state index in [0.29, 0.717) is 17.9 Å². The van der Waals surface area contributed by atoms with E-state index in [4.69, 9.17) is 10.3 Å². The Kier molecular flexibility index (Phi) is 5.98. The highest BCUT2D eigenvalue weighted by molar-refractivity contribution is 5.93. The normalized spacial score (nSPS) is 10.5. The van der Waals surface area contributed by atoms with Gasteiger partial charge in [-0.15, -0.1) is 0 Å². The van der Waals surface area contributed by atoms with Gasteiger partial charge in [-0.25, -0.2) is 4.79 Å². The van der Waals surface area contributed by atoms with Crippen LogP contribution < -0.4 is 4.74 Å². The molecule has 6 nitrogen and oxygen atoms in total. The van der Waals surface area contributed by atoms with Crippen LogP contribution in [0.3, 0.4) is 0 Å². The highest BCUT2D eigenvalue weighted by atomic mass is 16.5. The Morgan fingerprint density at radius 1 is 1.47 bits per heavy atom. The molecule has 100 valence electrons. The molecule has 0 heterocycles. The van der Waals surface area contributed by atoms with Gasteiger partial charge in [0.1, 0.15) is 11.4 Å². The lowest BCUT2D eigenvalue weighted by atomic mass is 10.1. The molecule has 1 aromatic rings. The van der Waals surface area contributed by atoms with Gasteiger partial charge in [-0.1, -0.05) is 30.2 Å². The van der Waals surface area contributed by atoms with E-state index in [0.717, 1.165) is 6.42 Å². The van der Waals surface area contributed by atoms with Gasteiger partial charge in [0.2, 0.25) is 0 Å². The number of benzene rings is 1. The summed E-state index contributed by atoms with van der Waals surface area (Å²) in [6, 6.07) is 7.18. The van der Waals surface area contributed by atoms with E-state index >= 15 is 0 Å². The number of hydrogen-bond donors (Lipinski definition) is 0. The molecule has 0 spiro atoms. The van der Waals surface area contributed by atoms with Crippen molar-refractivity contribution in [3.05, 3.63) is 46.0 Å². The molecule has 0 radical (unpaired) electrons. The zero-order valence-corrected chi connectivity index (χ0v) is 10.9. The second-order valence-corrected chi connectivity index (χ2v) is 3.60. The van der Waals surface area contributed by atoms with Crippen LogP contribution in [0.15, 0.2) is 35.1 Å². The molecule has 0 aliphatic heterocycles. The van der Waals surface area contributed by atoms with Crippen molar-refractivity contribution in [3.63, 3.8) is 0 Å². The van der Waals surface area contributed by atoms with Crippen LogP contribution in [0.1, 0.15) is 18.9 Å². The summed E-state index contributed by atoms with van der Waals surface area (Å²) in [5, 5.41) is 3.32. The third-order valence-corrected chi connectivity index (χ3v) is 2.22. The summed E-state index contributed by atoms with van der Waals surface area (Å²) < 4.78 is 10.1. The van der Waals surface area contributed by atoms with Crippen LogP contribution in [0.2, 0.25) is 0 Å². The highest BCUT2D eigenvalue weighted by Crippen LogP contribution is 2.22. The second kappa shape index (κ2) is 7.79. The highest BCUT2D eigenvalue weighted by Gasteiger charge is 2.09. The molecule has 1 rings (SSSR count). The summed E-state index contributed by atoms with van der Waals surface area (Å²) in [6.45, 7) is 2.57. The average molecular weight is 261 g/mol. The number of hydrogen-bond acceptors (Lipinski definition) is 4. The minimum atomic E-state index is -0.692. The van der Waals surface area contributed by atoms with E-state index < -0.39 is 5.97 Å². The van der Waals surface area contributed by atoms with E-state index in [1.807, 2.05) is 13.0 Å². The summed E-state index contributed by atoms with van der Waals surface area (Å²) >= 11 is 0. The Morgan fingerprint density at radius 3 is 2.84 bits per heavy atom. The lowest BCUT2D eigenvalue weighted by Crippen LogP contribution is -2.02. The molecule has 0 atom stereocenters. The monoisotopic (exact) mass is 261 g/mol. The zero-order chi connectivity index (χ0) is 14.1. The summed E-state index contributed by atoms with van der Waals surface area (Å²) in [4.78, 5) is 14.0. The number of esters is 1. The number of ether oxygens (including phenoxy) is 2. The molecule has 6 heteroatoms. The van der Waals surface area contributed by atoms with Crippen molar-refractivity contribution in [3.8, 4) is 5.75 Å². The molecule has 0 aliphatic rings. The Labute approximate surface area is 111 Å². The van der Waals surface area contributed by atoms with Crippen LogP contribution in [0.5, 0.6) is 5.75 Å². The number of rotatable bonds is 6. The smallest absolute Gasteiger partial charge is 0.340 e. The second-order valence-electron chi connectivity index (χ2n) is 3.60. The number of carbonyl (C=O) groups is 1. The predicted molar refractivity (Wildman–Crippen MR) is 71.4 cm³/mol. The molecule has 1 aromatic carbocycles. The predicted octanol–water partition coefficient (Wildman–Crippen LogP) is 3.30. The molecule has 0 bridgehead atoms. The fourth-order valence-electron chi connectivity index (χ4n) is 1.37. The molecule has 0 saturated heterocycles. The van der Waals surface area contributed by atoms with Gasteiger partial charge in [0.15, 0.2) is 0 Å². The molecule has 0 aliphatic carbocycles. The quantitative estimate of drug-likeness (QED) is 0.259. The van der Waals surface area contributed by atoms with Gasteiger partial charge < -0.3 is 9.47 Å². The lowest BCUT2D eigenvalue weighted by Gasteiger charge is -2.08. The van der Waals surface area contributed by atoms with Gasteiger partial charge in [-0.05, 0) is 24.1 Å². The van der Waals surface area contributed by atoms with Gasteiger partial charge in [0.05, 0.1) is 13.7 Å². The summed E-state index contributed by atoms with van der Waals surface area (Å²) in [6.07, 6.45) is 2.31. The van der Waals surface area contributed by atoms with Gasteiger partial charge in [0, 0.05) is 10.5 Å². The molecule has 0 N–H and O–H groups in total. The zero-order valence-electron chi connectivity index (χ0n) is 10.9. The Morgan fingerprint density at radius 2 is 2.21 bits per heavy atom. The average Bonchev–Trinajstić information content (AvgIpc) is 2.45. The standard InChI is InChI=1S/C13H15N3O3/c1-3-8-19-12-7-5-4-6-10(12)9-11(15-16-14)13(17)18-2/h4-7,9H,3,8H2,1-2H3/b11-9+. The van der Waals surface area contributed by atoms with Crippen LogP contribution in [-0.4, -0.2) is 19.7 Å². The summed E-state index contributed by atoms with van der Waals surface area (Å²) in [5.41, 5.74) is 8.99. The third kappa shape index (κ3) is 4.37. The first-order valence-electron chi connectivity index (χ1n) is 5.79. The van der Waals surface area contributed by atoms with Crippen LogP contribution in [0, 0.1) is 0 Å². The van der Waals surface area contributed by atoms with Crippen molar-refractivity contribution in [2.75, 3.05) is 13.7 Å². The first-order chi connectivity index (χ1) is 9.22. The van der Waals surface area contributed by atoms with Gasteiger partial charge in [-0.3, -0.25) is 0 Å².